The topological polar surface area (TPSA) is 66.8 Å². The van der Waals surface area contributed by atoms with Crippen LogP contribution in [-0.4, -0.2) is 16.4 Å². The predicted octanol–water partition coefficient (Wildman–Crippen LogP) is 2.83. The fraction of sp³-hybridized carbons (Fsp3) is 0.222. The fourth-order valence-electron chi connectivity index (χ4n) is 1.01. The van der Waals surface area contributed by atoms with E-state index >= 15 is 0 Å². The van der Waals surface area contributed by atoms with Crippen LogP contribution in [0, 0.1) is 13.8 Å². The van der Waals surface area contributed by atoms with Gasteiger partial charge in [0.15, 0.2) is 11.5 Å². The number of phenolic OH excluding ortho intramolecular Hbond substituents is 1. The number of hydrogen-bond acceptors (Lipinski definition) is 3. The minimum Gasteiger partial charge on any atom is -0.504 e. The molecule has 0 saturated heterocycles. The highest BCUT2D eigenvalue weighted by molar-refractivity contribution is 9.10. The Hall–Kier alpha value is -1.23. The predicted molar refractivity (Wildman–Crippen MR) is 53.9 cm³/mol. The lowest BCUT2D eigenvalue weighted by Gasteiger charge is -2.09. The summed E-state index contributed by atoms with van der Waals surface area (Å²) in [6, 6.07) is 1.42. The van der Waals surface area contributed by atoms with Crippen LogP contribution < -0.4 is 4.74 Å². The van der Waals surface area contributed by atoms with E-state index in [1.54, 1.807) is 6.92 Å². The van der Waals surface area contributed by atoms with Crippen molar-refractivity contribution in [2.75, 3.05) is 0 Å². The minimum atomic E-state index is -1.45. The molecule has 0 saturated carbocycles. The molecule has 0 bridgehead atoms. The quantitative estimate of drug-likeness (QED) is 0.602. The molecular weight excluding hydrogens is 252 g/mol. The summed E-state index contributed by atoms with van der Waals surface area (Å²) in [6.45, 7) is 3.49. The van der Waals surface area contributed by atoms with E-state index in [9.17, 15) is 9.90 Å². The maximum atomic E-state index is 10.3. The lowest BCUT2D eigenvalue weighted by molar-refractivity contribution is 0.143. The third-order valence-electron chi connectivity index (χ3n) is 1.96. The number of aromatic hydroxyl groups is 1. The smallest absolute Gasteiger partial charge is 0.504 e. The van der Waals surface area contributed by atoms with E-state index in [1.807, 2.05) is 6.92 Å². The Balaban J connectivity index is 3.25. The van der Waals surface area contributed by atoms with Crippen LogP contribution in [0.1, 0.15) is 11.1 Å². The van der Waals surface area contributed by atoms with Gasteiger partial charge in [0.25, 0.3) is 0 Å². The molecule has 0 unspecified atom stereocenters. The number of rotatable bonds is 1. The number of ether oxygens (including phenoxy) is 1. The van der Waals surface area contributed by atoms with Crippen molar-refractivity contribution >= 4 is 22.1 Å². The van der Waals surface area contributed by atoms with Gasteiger partial charge in [-0.05, 0) is 31.0 Å². The third kappa shape index (κ3) is 1.98. The molecule has 0 heterocycles. The van der Waals surface area contributed by atoms with Gasteiger partial charge < -0.3 is 14.9 Å². The number of phenols is 1. The second-order valence-electron chi connectivity index (χ2n) is 2.82. The van der Waals surface area contributed by atoms with Gasteiger partial charge >= 0.3 is 6.16 Å². The van der Waals surface area contributed by atoms with Crippen LogP contribution in [0.2, 0.25) is 0 Å². The molecule has 1 rings (SSSR count). The Kier molecular flexibility index (Phi) is 3.00. The Morgan fingerprint density at radius 1 is 1.43 bits per heavy atom. The second kappa shape index (κ2) is 3.88. The standard InChI is InChI=1S/C9H9BrO4/c1-4-5(2)8(11)7(3-6(4)10)14-9(12)13/h3,11H,1-2H3,(H,12,13). The SMILES string of the molecule is Cc1c(Br)cc(OC(=O)O)c(O)c1C. The second-order valence-corrected chi connectivity index (χ2v) is 3.68. The van der Waals surface area contributed by atoms with Crippen molar-refractivity contribution in [2.24, 2.45) is 0 Å². The van der Waals surface area contributed by atoms with E-state index in [-0.39, 0.29) is 11.5 Å². The van der Waals surface area contributed by atoms with E-state index in [0.29, 0.717) is 10.0 Å². The molecule has 1 aromatic carbocycles. The Morgan fingerprint density at radius 3 is 2.50 bits per heavy atom. The molecule has 0 amide bonds. The largest absolute Gasteiger partial charge is 0.511 e. The molecule has 2 N–H and O–H groups in total. The lowest BCUT2D eigenvalue weighted by atomic mass is 10.1. The Bertz CT molecular complexity index is 387. The number of carbonyl (C=O) groups is 1. The first kappa shape index (κ1) is 10.8. The van der Waals surface area contributed by atoms with Gasteiger partial charge in [0.2, 0.25) is 0 Å². The first-order valence-corrected chi connectivity index (χ1v) is 4.62. The van der Waals surface area contributed by atoms with E-state index in [1.165, 1.54) is 6.07 Å². The monoisotopic (exact) mass is 260 g/mol. The summed E-state index contributed by atoms with van der Waals surface area (Å²) in [5.74, 6) is -0.208. The third-order valence-corrected chi connectivity index (χ3v) is 2.79. The van der Waals surface area contributed by atoms with Gasteiger partial charge in [-0.3, -0.25) is 0 Å². The molecular formula is C9H9BrO4. The molecule has 1 aromatic rings. The van der Waals surface area contributed by atoms with Gasteiger partial charge in [-0.25, -0.2) is 4.79 Å². The zero-order chi connectivity index (χ0) is 10.9. The van der Waals surface area contributed by atoms with Gasteiger partial charge in [-0.15, -0.1) is 0 Å². The molecule has 0 aromatic heterocycles. The van der Waals surface area contributed by atoms with E-state index in [0.717, 1.165) is 5.56 Å². The lowest BCUT2D eigenvalue weighted by Crippen LogP contribution is -2.04. The molecule has 0 aliphatic heterocycles. The number of benzene rings is 1. The average molecular weight is 261 g/mol. The molecule has 0 aliphatic rings. The molecule has 76 valence electrons. The molecule has 4 nitrogen and oxygen atoms in total. The average Bonchev–Trinajstić information content (AvgIpc) is 2.10. The van der Waals surface area contributed by atoms with Crippen LogP contribution in [0.25, 0.3) is 0 Å². The van der Waals surface area contributed by atoms with Crippen molar-refractivity contribution in [3.63, 3.8) is 0 Å². The fourth-order valence-corrected chi connectivity index (χ4v) is 1.51. The maximum absolute atomic E-state index is 10.3. The van der Waals surface area contributed by atoms with E-state index in [2.05, 4.69) is 20.7 Å². The van der Waals surface area contributed by atoms with Crippen LogP contribution in [0.4, 0.5) is 4.79 Å². The van der Waals surface area contributed by atoms with Crippen LogP contribution in [0.15, 0.2) is 10.5 Å². The van der Waals surface area contributed by atoms with Crippen LogP contribution in [0.5, 0.6) is 11.5 Å². The summed E-state index contributed by atoms with van der Waals surface area (Å²) in [7, 11) is 0. The van der Waals surface area contributed by atoms with Crippen LogP contribution in [-0.2, 0) is 0 Å². The summed E-state index contributed by atoms with van der Waals surface area (Å²) in [4.78, 5) is 10.3. The van der Waals surface area contributed by atoms with Crippen molar-refractivity contribution in [2.45, 2.75) is 13.8 Å². The maximum Gasteiger partial charge on any atom is 0.511 e. The number of hydrogen-bond donors (Lipinski definition) is 2. The normalized spacial score (nSPS) is 9.93. The van der Waals surface area contributed by atoms with Crippen molar-refractivity contribution < 1.29 is 19.7 Å². The molecule has 5 heteroatoms. The summed E-state index contributed by atoms with van der Waals surface area (Å²) in [6.07, 6.45) is -1.45. The van der Waals surface area contributed by atoms with Gasteiger partial charge in [-0.1, -0.05) is 15.9 Å². The summed E-state index contributed by atoms with van der Waals surface area (Å²) in [5.41, 5.74) is 1.44. The van der Waals surface area contributed by atoms with Crippen LogP contribution >= 0.6 is 15.9 Å². The highest BCUT2D eigenvalue weighted by Gasteiger charge is 2.13. The van der Waals surface area contributed by atoms with Crippen LogP contribution in [0.3, 0.4) is 0 Å². The molecule has 0 atom stereocenters. The first-order valence-electron chi connectivity index (χ1n) is 3.83. The van der Waals surface area contributed by atoms with Gasteiger partial charge in [-0.2, -0.15) is 0 Å². The first-order chi connectivity index (χ1) is 6.43. The number of carboxylic acid groups (broad SMARTS) is 1. The zero-order valence-electron chi connectivity index (χ0n) is 7.67. The summed E-state index contributed by atoms with van der Waals surface area (Å²) < 4.78 is 5.10. The molecule has 14 heavy (non-hydrogen) atoms. The van der Waals surface area contributed by atoms with Gasteiger partial charge in [0.05, 0.1) is 0 Å². The molecule has 0 aliphatic carbocycles. The van der Waals surface area contributed by atoms with Gasteiger partial charge in [0.1, 0.15) is 0 Å². The van der Waals surface area contributed by atoms with Crippen molar-refractivity contribution in [3.8, 4) is 11.5 Å². The highest BCUT2D eigenvalue weighted by atomic mass is 79.9. The Morgan fingerprint density at radius 2 is 2.00 bits per heavy atom. The zero-order valence-corrected chi connectivity index (χ0v) is 9.25. The van der Waals surface area contributed by atoms with E-state index in [4.69, 9.17) is 5.11 Å². The van der Waals surface area contributed by atoms with Crippen molar-refractivity contribution in [3.05, 3.63) is 21.7 Å². The number of halogens is 1. The Labute approximate surface area is 89.3 Å². The highest BCUT2D eigenvalue weighted by Crippen LogP contribution is 2.36. The van der Waals surface area contributed by atoms with E-state index < -0.39 is 6.16 Å². The summed E-state index contributed by atoms with van der Waals surface area (Å²) >= 11 is 3.24. The molecule has 0 fully saturated rings. The summed E-state index contributed by atoms with van der Waals surface area (Å²) in [5, 5.41) is 17.9. The molecule has 0 spiro atoms. The minimum absolute atomic E-state index is 0.0625. The van der Waals surface area contributed by atoms with Crippen molar-refractivity contribution in [1.82, 2.24) is 0 Å². The molecule has 0 radical (unpaired) electrons. The van der Waals surface area contributed by atoms with Crippen molar-refractivity contribution in [1.29, 1.82) is 0 Å². The van der Waals surface area contributed by atoms with Gasteiger partial charge in [0, 0.05) is 4.47 Å².